The van der Waals surface area contributed by atoms with E-state index in [1.165, 1.54) is 0 Å². The van der Waals surface area contributed by atoms with Crippen LogP contribution < -0.4 is 14.8 Å². The Labute approximate surface area is 153 Å². The zero-order chi connectivity index (χ0) is 18.7. The summed E-state index contributed by atoms with van der Waals surface area (Å²) in [7, 11) is 1.61. The SMILES string of the molecule is CCOc1ccc2nc(C)cc(Nc3cc(C(C)=O)ccc3OC)c2c1. The first-order valence-electron chi connectivity index (χ1n) is 8.52. The number of benzene rings is 2. The summed E-state index contributed by atoms with van der Waals surface area (Å²) in [6.45, 7) is 6.05. The molecular formula is C21H22N2O3. The molecule has 5 nitrogen and oxygen atoms in total. The number of hydrogen-bond acceptors (Lipinski definition) is 5. The first-order valence-corrected chi connectivity index (χ1v) is 8.52. The molecule has 0 fully saturated rings. The average molecular weight is 350 g/mol. The predicted molar refractivity (Wildman–Crippen MR) is 104 cm³/mol. The van der Waals surface area contributed by atoms with Gasteiger partial charge in [-0.15, -0.1) is 0 Å². The van der Waals surface area contributed by atoms with E-state index in [4.69, 9.17) is 9.47 Å². The van der Waals surface area contributed by atoms with Crippen LogP contribution in [0.15, 0.2) is 42.5 Å². The number of rotatable bonds is 6. The highest BCUT2D eigenvalue weighted by Crippen LogP contribution is 2.33. The van der Waals surface area contributed by atoms with E-state index in [-0.39, 0.29) is 5.78 Å². The van der Waals surface area contributed by atoms with Gasteiger partial charge < -0.3 is 14.8 Å². The number of anilines is 2. The van der Waals surface area contributed by atoms with Crippen LogP contribution in [0.25, 0.3) is 10.9 Å². The van der Waals surface area contributed by atoms with Crippen LogP contribution in [-0.2, 0) is 0 Å². The summed E-state index contributed by atoms with van der Waals surface area (Å²) < 4.78 is 11.1. The van der Waals surface area contributed by atoms with Gasteiger partial charge in [-0.05, 0) is 63.2 Å². The number of aryl methyl sites for hydroxylation is 1. The Morgan fingerprint density at radius 2 is 1.92 bits per heavy atom. The standard InChI is InChI=1S/C21H22N2O3/c1-5-26-16-7-8-18-17(12-16)19(10-13(2)22-18)23-20-11-15(14(3)24)6-9-21(20)25-4/h6-12H,5H2,1-4H3,(H,22,23). The minimum atomic E-state index is 0.00472. The zero-order valence-corrected chi connectivity index (χ0v) is 15.4. The molecule has 26 heavy (non-hydrogen) atoms. The van der Waals surface area contributed by atoms with E-state index in [2.05, 4.69) is 10.3 Å². The van der Waals surface area contributed by atoms with Crippen LogP contribution in [0.1, 0.15) is 29.9 Å². The third-order valence-electron chi connectivity index (χ3n) is 4.09. The smallest absolute Gasteiger partial charge is 0.159 e. The van der Waals surface area contributed by atoms with Gasteiger partial charge in [-0.2, -0.15) is 0 Å². The molecule has 0 unspecified atom stereocenters. The number of Topliss-reactive ketones (excluding diaryl/α,β-unsaturated/α-hetero) is 1. The number of ether oxygens (including phenoxy) is 2. The van der Waals surface area contributed by atoms with Crippen molar-refractivity contribution >= 4 is 28.1 Å². The van der Waals surface area contributed by atoms with Crippen LogP contribution in [0.3, 0.4) is 0 Å². The van der Waals surface area contributed by atoms with Crippen LogP contribution in [0.5, 0.6) is 11.5 Å². The summed E-state index contributed by atoms with van der Waals surface area (Å²) in [6.07, 6.45) is 0. The largest absolute Gasteiger partial charge is 0.495 e. The normalized spacial score (nSPS) is 10.6. The Morgan fingerprint density at radius 1 is 1.12 bits per heavy atom. The van der Waals surface area contributed by atoms with E-state index < -0.39 is 0 Å². The summed E-state index contributed by atoms with van der Waals surface area (Å²) >= 11 is 0. The zero-order valence-electron chi connectivity index (χ0n) is 15.4. The summed E-state index contributed by atoms with van der Waals surface area (Å²) in [5.74, 6) is 1.46. The highest BCUT2D eigenvalue weighted by atomic mass is 16.5. The van der Waals surface area contributed by atoms with E-state index in [1.807, 2.05) is 38.1 Å². The van der Waals surface area contributed by atoms with Gasteiger partial charge in [0.25, 0.3) is 0 Å². The molecule has 0 radical (unpaired) electrons. The fraction of sp³-hybridized carbons (Fsp3) is 0.238. The second kappa shape index (κ2) is 7.44. The van der Waals surface area contributed by atoms with Gasteiger partial charge in [0.1, 0.15) is 11.5 Å². The van der Waals surface area contributed by atoms with Gasteiger partial charge in [-0.25, -0.2) is 0 Å². The molecule has 0 bridgehead atoms. The van der Waals surface area contributed by atoms with Gasteiger partial charge in [-0.1, -0.05) is 0 Å². The Morgan fingerprint density at radius 3 is 2.62 bits per heavy atom. The van der Waals surface area contributed by atoms with E-state index in [9.17, 15) is 4.79 Å². The first kappa shape index (κ1) is 17.7. The van der Waals surface area contributed by atoms with Gasteiger partial charge >= 0.3 is 0 Å². The number of ketones is 1. The van der Waals surface area contributed by atoms with Crippen molar-refractivity contribution in [3.63, 3.8) is 0 Å². The lowest BCUT2D eigenvalue weighted by atomic mass is 10.1. The molecule has 5 heteroatoms. The number of methoxy groups -OCH3 is 1. The number of hydrogen-bond donors (Lipinski definition) is 1. The van der Waals surface area contributed by atoms with Crippen molar-refractivity contribution in [1.82, 2.24) is 4.98 Å². The highest BCUT2D eigenvalue weighted by Gasteiger charge is 2.11. The van der Waals surface area contributed by atoms with Crippen molar-refractivity contribution < 1.29 is 14.3 Å². The van der Waals surface area contributed by atoms with Crippen LogP contribution >= 0.6 is 0 Å². The molecule has 0 atom stereocenters. The second-order valence-corrected chi connectivity index (χ2v) is 6.02. The van der Waals surface area contributed by atoms with Gasteiger partial charge in [0, 0.05) is 22.3 Å². The van der Waals surface area contributed by atoms with Crippen LogP contribution in [0, 0.1) is 6.92 Å². The number of pyridine rings is 1. The lowest BCUT2D eigenvalue weighted by Crippen LogP contribution is -2.00. The third kappa shape index (κ3) is 3.61. The quantitative estimate of drug-likeness (QED) is 0.641. The van der Waals surface area contributed by atoms with E-state index in [0.29, 0.717) is 17.9 Å². The van der Waals surface area contributed by atoms with Crippen molar-refractivity contribution in [3.8, 4) is 11.5 Å². The van der Waals surface area contributed by atoms with Crippen molar-refractivity contribution in [2.24, 2.45) is 0 Å². The number of carbonyl (C=O) groups is 1. The summed E-state index contributed by atoms with van der Waals surface area (Å²) in [5.41, 5.74) is 4.00. The molecule has 3 aromatic rings. The van der Waals surface area contributed by atoms with E-state index in [0.717, 1.165) is 33.7 Å². The average Bonchev–Trinajstić information content (AvgIpc) is 2.62. The predicted octanol–water partition coefficient (Wildman–Crippen LogP) is 4.90. The lowest BCUT2D eigenvalue weighted by Gasteiger charge is -2.15. The maximum atomic E-state index is 11.7. The molecule has 0 aliphatic rings. The maximum absolute atomic E-state index is 11.7. The number of nitrogens with zero attached hydrogens (tertiary/aromatic N) is 1. The fourth-order valence-corrected chi connectivity index (χ4v) is 2.87. The molecule has 1 heterocycles. The number of nitrogens with one attached hydrogen (secondary N) is 1. The minimum absolute atomic E-state index is 0.00472. The van der Waals surface area contributed by atoms with E-state index in [1.54, 1.807) is 32.2 Å². The molecule has 0 aliphatic heterocycles. The van der Waals surface area contributed by atoms with E-state index >= 15 is 0 Å². The highest BCUT2D eigenvalue weighted by molar-refractivity contribution is 5.97. The molecule has 1 N–H and O–H groups in total. The Balaban J connectivity index is 2.12. The molecule has 0 aliphatic carbocycles. The van der Waals surface area contributed by atoms with Crippen molar-refractivity contribution in [2.75, 3.05) is 19.0 Å². The summed E-state index contributed by atoms with van der Waals surface area (Å²) in [5, 5.41) is 4.34. The second-order valence-electron chi connectivity index (χ2n) is 6.02. The van der Waals surface area contributed by atoms with Gasteiger partial charge in [0.2, 0.25) is 0 Å². The van der Waals surface area contributed by atoms with Crippen molar-refractivity contribution in [3.05, 3.63) is 53.7 Å². The van der Waals surface area contributed by atoms with Gasteiger partial charge in [-0.3, -0.25) is 9.78 Å². The van der Waals surface area contributed by atoms with Crippen molar-refractivity contribution in [1.29, 1.82) is 0 Å². The topological polar surface area (TPSA) is 60.5 Å². The van der Waals surface area contributed by atoms with Gasteiger partial charge in [0.15, 0.2) is 5.78 Å². The van der Waals surface area contributed by atoms with Crippen LogP contribution in [0.2, 0.25) is 0 Å². The first-order chi connectivity index (χ1) is 12.5. The molecular weight excluding hydrogens is 328 g/mol. The maximum Gasteiger partial charge on any atom is 0.159 e. The van der Waals surface area contributed by atoms with Gasteiger partial charge in [0.05, 0.1) is 24.9 Å². The van der Waals surface area contributed by atoms with Crippen LogP contribution in [-0.4, -0.2) is 24.5 Å². The summed E-state index contributed by atoms with van der Waals surface area (Å²) in [4.78, 5) is 16.3. The van der Waals surface area contributed by atoms with Crippen molar-refractivity contribution in [2.45, 2.75) is 20.8 Å². The molecule has 0 saturated heterocycles. The third-order valence-corrected chi connectivity index (χ3v) is 4.09. The molecule has 0 saturated carbocycles. The molecule has 0 spiro atoms. The monoisotopic (exact) mass is 350 g/mol. The minimum Gasteiger partial charge on any atom is -0.495 e. The lowest BCUT2D eigenvalue weighted by molar-refractivity contribution is 0.101. The summed E-state index contributed by atoms with van der Waals surface area (Å²) in [6, 6.07) is 13.2. The van der Waals surface area contributed by atoms with Crippen LogP contribution in [0.4, 0.5) is 11.4 Å². The molecule has 0 amide bonds. The fourth-order valence-electron chi connectivity index (χ4n) is 2.87. The Hall–Kier alpha value is -3.08. The molecule has 134 valence electrons. The molecule has 1 aromatic heterocycles. The number of carbonyl (C=O) groups excluding carboxylic acids is 1. The number of fused-ring (bicyclic) bond motifs is 1. The molecule has 2 aromatic carbocycles. The Bertz CT molecular complexity index is 967. The Kier molecular flexibility index (Phi) is 5.07. The molecule has 3 rings (SSSR count). The number of aromatic nitrogens is 1.